The van der Waals surface area contributed by atoms with Crippen LogP contribution in [0.5, 0.6) is 0 Å². The lowest BCUT2D eigenvalue weighted by molar-refractivity contribution is 0.0263. The van der Waals surface area contributed by atoms with Gasteiger partial charge in [-0.3, -0.25) is 4.99 Å². The van der Waals surface area contributed by atoms with E-state index in [0.717, 1.165) is 64.7 Å². The van der Waals surface area contributed by atoms with E-state index in [9.17, 15) is 0 Å². The van der Waals surface area contributed by atoms with Crippen molar-refractivity contribution in [2.75, 3.05) is 52.9 Å². The molecule has 1 N–H and O–H groups in total. The Morgan fingerprint density at radius 1 is 1.25 bits per heavy atom. The van der Waals surface area contributed by atoms with Crippen molar-refractivity contribution in [2.24, 2.45) is 4.99 Å². The van der Waals surface area contributed by atoms with Crippen molar-refractivity contribution in [1.29, 1.82) is 0 Å². The van der Waals surface area contributed by atoms with E-state index in [-0.39, 0.29) is 0 Å². The molecule has 0 aromatic rings. The second-order valence-electron chi connectivity index (χ2n) is 5.14. The molecule has 0 unspecified atom stereocenters. The zero-order chi connectivity index (χ0) is 14.8. The minimum Gasteiger partial charge on any atom is -0.378 e. The quantitative estimate of drug-likeness (QED) is 0.567. The van der Waals surface area contributed by atoms with Crippen LogP contribution in [-0.4, -0.2) is 74.8 Å². The zero-order valence-electron chi connectivity index (χ0n) is 13.7. The van der Waals surface area contributed by atoms with E-state index in [2.05, 4.69) is 40.9 Å². The molecule has 0 aromatic carbocycles. The molecule has 0 atom stereocenters. The molecule has 1 aliphatic rings. The highest BCUT2D eigenvalue weighted by Gasteiger charge is 2.21. The molecule has 0 bridgehead atoms. The molecule has 0 saturated carbocycles. The predicted molar refractivity (Wildman–Crippen MR) is 85.4 cm³/mol. The summed E-state index contributed by atoms with van der Waals surface area (Å²) in [7, 11) is 1.87. The van der Waals surface area contributed by atoms with Crippen LogP contribution in [-0.2, 0) is 4.74 Å². The summed E-state index contributed by atoms with van der Waals surface area (Å²) in [6.07, 6.45) is 2.64. The van der Waals surface area contributed by atoms with Crippen LogP contribution in [0.25, 0.3) is 0 Å². The average molecular weight is 284 g/mol. The predicted octanol–water partition coefficient (Wildman–Crippen LogP) is 1.40. The van der Waals surface area contributed by atoms with Gasteiger partial charge in [0.05, 0.1) is 6.10 Å². The number of guanidine groups is 1. The van der Waals surface area contributed by atoms with E-state index in [0.29, 0.717) is 6.10 Å². The number of hydrogen-bond donors (Lipinski definition) is 1. The van der Waals surface area contributed by atoms with Gasteiger partial charge in [0.25, 0.3) is 0 Å². The van der Waals surface area contributed by atoms with Crippen LogP contribution < -0.4 is 5.32 Å². The van der Waals surface area contributed by atoms with Crippen LogP contribution >= 0.6 is 0 Å². The standard InChI is InChI=1S/C15H32N4O/c1-5-18(6-2)13-10-17-15(16-4)19-11-8-14(9-12-19)20-7-3/h14H,5-13H2,1-4H3,(H,16,17). The van der Waals surface area contributed by atoms with Gasteiger partial charge < -0.3 is 19.9 Å². The Balaban J connectivity index is 2.29. The maximum Gasteiger partial charge on any atom is 0.193 e. The lowest BCUT2D eigenvalue weighted by atomic mass is 10.1. The summed E-state index contributed by atoms with van der Waals surface area (Å²) in [5, 5.41) is 3.48. The Labute approximate surface area is 124 Å². The van der Waals surface area contributed by atoms with Gasteiger partial charge in [-0.1, -0.05) is 13.8 Å². The van der Waals surface area contributed by atoms with Gasteiger partial charge in [-0.05, 0) is 32.9 Å². The molecular weight excluding hydrogens is 252 g/mol. The van der Waals surface area contributed by atoms with Crippen molar-refractivity contribution in [3.05, 3.63) is 0 Å². The number of likely N-dealkylation sites (N-methyl/N-ethyl adjacent to an activating group) is 1. The fourth-order valence-corrected chi connectivity index (χ4v) is 2.67. The van der Waals surface area contributed by atoms with Gasteiger partial charge in [0.15, 0.2) is 5.96 Å². The highest BCUT2D eigenvalue weighted by Crippen LogP contribution is 2.13. The first-order valence-electron chi connectivity index (χ1n) is 8.04. The molecule has 0 aromatic heterocycles. The Morgan fingerprint density at radius 3 is 2.40 bits per heavy atom. The van der Waals surface area contributed by atoms with E-state index in [1.54, 1.807) is 0 Å². The molecule has 0 amide bonds. The minimum absolute atomic E-state index is 0.435. The van der Waals surface area contributed by atoms with Gasteiger partial charge in [0, 0.05) is 39.8 Å². The Morgan fingerprint density at radius 2 is 1.90 bits per heavy atom. The first kappa shape index (κ1) is 17.2. The summed E-state index contributed by atoms with van der Waals surface area (Å²) < 4.78 is 5.69. The lowest BCUT2D eigenvalue weighted by Crippen LogP contribution is -2.48. The van der Waals surface area contributed by atoms with Crippen LogP contribution in [0.15, 0.2) is 4.99 Å². The molecule has 5 heteroatoms. The van der Waals surface area contributed by atoms with Gasteiger partial charge >= 0.3 is 0 Å². The summed E-state index contributed by atoms with van der Waals surface area (Å²) in [5.41, 5.74) is 0. The number of ether oxygens (including phenoxy) is 1. The van der Waals surface area contributed by atoms with Crippen molar-refractivity contribution in [3.8, 4) is 0 Å². The molecular formula is C15H32N4O. The number of nitrogens with one attached hydrogen (secondary N) is 1. The van der Waals surface area contributed by atoms with Crippen molar-refractivity contribution in [3.63, 3.8) is 0 Å². The van der Waals surface area contributed by atoms with Gasteiger partial charge in [0.2, 0.25) is 0 Å². The zero-order valence-corrected chi connectivity index (χ0v) is 13.7. The van der Waals surface area contributed by atoms with E-state index in [4.69, 9.17) is 4.74 Å². The number of nitrogens with zero attached hydrogens (tertiary/aromatic N) is 3. The molecule has 118 valence electrons. The SMILES string of the molecule is CCOC1CCN(C(=NC)NCCN(CC)CC)CC1. The first-order valence-corrected chi connectivity index (χ1v) is 8.04. The summed E-state index contributed by atoms with van der Waals surface area (Å²) in [5.74, 6) is 1.03. The van der Waals surface area contributed by atoms with Crippen LogP contribution in [0.4, 0.5) is 0 Å². The van der Waals surface area contributed by atoms with E-state index >= 15 is 0 Å². The Hall–Kier alpha value is -0.810. The monoisotopic (exact) mass is 284 g/mol. The van der Waals surface area contributed by atoms with Gasteiger partial charge in [-0.25, -0.2) is 0 Å². The average Bonchev–Trinajstić information content (AvgIpc) is 2.49. The van der Waals surface area contributed by atoms with E-state index in [1.807, 2.05) is 7.05 Å². The van der Waals surface area contributed by atoms with Crippen molar-refractivity contribution in [2.45, 2.75) is 39.7 Å². The highest BCUT2D eigenvalue weighted by atomic mass is 16.5. The molecule has 1 heterocycles. The van der Waals surface area contributed by atoms with Crippen molar-refractivity contribution >= 4 is 5.96 Å². The number of rotatable bonds is 7. The Bertz CT molecular complexity index is 271. The van der Waals surface area contributed by atoms with Crippen LogP contribution in [0, 0.1) is 0 Å². The second kappa shape index (κ2) is 10.00. The third kappa shape index (κ3) is 5.67. The van der Waals surface area contributed by atoms with Gasteiger partial charge in [0.1, 0.15) is 0 Å². The molecule has 5 nitrogen and oxygen atoms in total. The lowest BCUT2D eigenvalue weighted by Gasteiger charge is -2.34. The summed E-state index contributed by atoms with van der Waals surface area (Å²) in [6, 6.07) is 0. The Kier molecular flexibility index (Phi) is 8.62. The second-order valence-corrected chi connectivity index (χ2v) is 5.14. The molecule has 1 fully saturated rings. The molecule has 0 aliphatic carbocycles. The van der Waals surface area contributed by atoms with Crippen LogP contribution in [0.2, 0.25) is 0 Å². The van der Waals surface area contributed by atoms with Crippen LogP contribution in [0.1, 0.15) is 33.6 Å². The fourth-order valence-electron chi connectivity index (χ4n) is 2.67. The van der Waals surface area contributed by atoms with E-state index < -0.39 is 0 Å². The maximum absolute atomic E-state index is 5.69. The molecule has 1 rings (SSSR count). The molecule has 1 saturated heterocycles. The third-order valence-corrected chi connectivity index (χ3v) is 3.96. The topological polar surface area (TPSA) is 40.1 Å². The van der Waals surface area contributed by atoms with E-state index in [1.165, 1.54) is 0 Å². The summed E-state index contributed by atoms with van der Waals surface area (Å²) in [4.78, 5) is 9.17. The number of likely N-dealkylation sites (tertiary alicyclic amines) is 1. The number of piperidine rings is 1. The van der Waals surface area contributed by atoms with Gasteiger partial charge in [-0.2, -0.15) is 0 Å². The molecule has 0 radical (unpaired) electrons. The summed E-state index contributed by atoms with van der Waals surface area (Å²) >= 11 is 0. The van der Waals surface area contributed by atoms with Crippen LogP contribution in [0.3, 0.4) is 0 Å². The fraction of sp³-hybridized carbons (Fsp3) is 0.933. The smallest absolute Gasteiger partial charge is 0.193 e. The molecule has 0 spiro atoms. The van der Waals surface area contributed by atoms with Crippen molar-refractivity contribution < 1.29 is 4.74 Å². The highest BCUT2D eigenvalue weighted by molar-refractivity contribution is 5.79. The normalized spacial score (nSPS) is 17.9. The third-order valence-electron chi connectivity index (χ3n) is 3.96. The minimum atomic E-state index is 0.435. The molecule has 1 aliphatic heterocycles. The largest absolute Gasteiger partial charge is 0.378 e. The molecule has 20 heavy (non-hydrogen) atoms. The first-order chi connectivity index (χ1) is 9.74. The number of aliphatic imine (C=N–C) groups is 1. The maximum atomic E-state index is 5.69. The summed E-state index contributed by atoms with van der Waals surface area (Å²) in [6.45, 7) is 13.6. The number of hydrogen-bond acceptors (Lipinski definition) is 3. The van der Waals surface area contributed by atoms with Gasteiger partial charge in [-0.15, -0.1) is 0 Å². The van der Waals surface area contributed by atoms with Crippen molar-refractivity contribution in [1.82, 2.24) is 15.1 Å².